The Morgan fingerprint density at radius 3 is 2.89 bits per heavy atom. The van der Waals surface area contributed by atoms with Crippen LogP contribution in [-0.4, -0.2) is 12.6 Å². The minimum absolute atomic E-state index is 0.433. The minimum Gasteiger partial charge on any atom is -0.493 e. The average Bonchev–Trinajstić information content (AvgIpc) is 2.63. The van der Waals surface area contributed by atoms with Crippen LogP contribution in [0.25, 0.3) is 0 Å². The lowest BCUT2D eigenvalue weighted by Gasteiger charge is -2.29. The fraction of sp³-hybridized carbons (Fsp3) is 0.647. The summed E-state index contributed by atoms with van der Waals surface area (Å²) in [6.07, 6.45) is 8.97. The molecule has 1 aromatic rings. The molecule has 0 saturated heterocycles. The van der Waals surface area contributed by atoms with Gasteiger partial charge in [0.1, 0.15) is 5.75 Å². The summed E-state index contributed by atoms with van der Waals surface area (Å²) in [6.45, 7) is 0.875. The Bertz CT molecular complexity index is 417. The normalized spacial score (nSPS) is 31.1. The number of nitrogens with two attached hydrogens (primary N) is 1. The molecule has 1 fully saturated rings. The second-order valence-corrected chi connectivity index (χ2v) is 6.25. The van der Waals surface area contributed by atoms with Gasteiger partial charge in [-0.1, -0.05) is 37.5 Å². The Kier molecular flexibility index (Phi) is 4.07. The standard InChI is InChI=1S/C17H25NO/c18-15-6-2-1-5-13(12-15)11-14-9-10-19-17-8-4-3-7-16(14)17/h3-4,7-8,13-15H,1-2,5-6,9-12,18H2. The van der Waals surface area contributed by atoms with Gasteiger partial charge in [-0.05, 0) is 49.1 Å². The molecule has 0 spiro atoms. The Morgan fingerprint density at radius 1 is 1.11 bits per heavy atom. The van der Waals surface area contributed by atoms with Crippen molar-refractivity contribution in [3.05, 3.63) is 29.8 Å². The van der Waals surface area contributed by atoms with E-state index in [4.69, 9.17) is 10.5 Å². The van der Waals surface area contributed by atoms with Crippen LogP contribution in [0.2, 0.25) is 0 Å². The molecule has 0 aromatic heterocycles. The number of rotatable bonds is 2. The largest absolute Gasteiger partial charge is 0.493 e. The van der Waals surface area contributed by atoms with E-state index < -0.39 is 0 Å². The molecule has 3 atom stereocenters. The molecule has 3 rings (SSSR count). The quantitative estimate of drug-likeness (QED) is 0.819. The molecule has 3 unspecified atom stereocenters. The van der Waals surface area contributed by atoms with Crippen LogP contribution in [0, 0.1) is 5.92 Å². The van der Waals surface area contributed by atoms with Crippen molar-refractivity contribution in [1.82, 2.24) is 0 Å². The lowest BCUT2D eigenvalue weighted by molar-refractivity contribution is 0.246. The van der Waals surface area contributed by atoms with Gasteiger partial charge in [-0.25, -0.2) is 0 Å². The van der Waals surface area contributed by atoms with Crippen molar-refractivity contribution in [2.45, 2.75) is 56.9 Å². The number of fused-ring (bicyclic) bond motifs is 1. The molecule has 2 nitrogen and oxygen atoms in total. The van der Waals surface area contributed by atoms with E-state index in [-0.39, 0.29) is 0 Å². The van der Waals surface area contributed by atoms with Gasteiger partial charge in [0.25, 0.3) is 0 Å². The zero-order valence-electron chi connectivity index (χ0n) is 11.7. The van der Waals surface area contributed by atoms with Crippen molar-refractivity contribution in [2.24, 2.45) is 11.7 Å². The fourth-order valence-corrected chi connectivity index (χ4v) is 3.78. The summed E-state index contributed by atoms with van der Waals surface area (Å²) in [5.74, 6) is 2.60. The van der Waals surface area contributed by atoms with Crippen molar-refractivity contribution < 1.29 is 4.74 Å². The Hall–Kier alpha value is -1.02. The summed E-state index contributed by atoms with van der Waals surface area (Å²) in [5, 5.41) is 0. The zero-order chi connectivity index (χ0) is 13.1. The second-order valence-electron chi connectivity index (χ2n) is 6.25. The molecule has 1 aliphatic carbocycles. The summed E-state index contributed by atoms with van der Waals surface area (Å²) >= 11 is 0. The highest BCUT2D eigenvalue weighted by Gasteiger charge is 2.26. The van der Waals surface area contributed by atoms with Gasteiger partial charge in [-0.15, -0.1) is 0 Å². The topological polar surface area (TPSA) is 35.2 Å². The first-order valence-corrected chi connectivity index (χ1v) is 7.80. The van der Waals surface area contributed by atoms with Crippen molar-refractivity contribution in [1.29, 1.82) is 0 Å². The first kappa shape index (κ1) is 13.0. The third-order valence-corrected chi connectivity index (χ3v) is 4.77. The molecule has 1 aliphatic heterocycles. The molecule has 104 valence electrons. The Balaban J connectivity index is 1.70. The number of hydrogen-bond donors (Lipinski definition) is 1. The molecular formula is C17H25NO. The number of para-hydroxylation sites is 1. The average molecular weight is 259 g/mol. The maximum atomic E-state index is 6.20. The summed E-state index contributed by atoms with van der Waals surface area (Å²) < 4.78 is 5.76. The molecule has 2 heteroatoms. The van der Waals surface area contributed by atoms with Gasteiger partial charge in [-0.2, -0.15) is 0 Å². The lowest BCUT2D eigenvalue weighted by Crippen LogP contribution is -2.23. The molecule has 1 saturated carbocycles. The maximum Gasteiger partial charge on any atom is 0.122 e. The van der Waals surface area contributed by atoms with Crippen LogP contribution in [0.15, 0.2) is 24.3 Å². The lowest BCUT2D eigenvalue weighted by atomic mass is 9.82. The van der Waals surface area contributed by atoms with Crippen LogP contribution in [0.3, 0.4) is 0 Å². The van der Waals surface area contributed by atoms with E-state index in [0.717, 1.165) is 18.3 Å². The van der Waals surface area contributed by atoms with E-state index in [1.807, 2.05) is 0 Å². The van der Waals surface area contributed by atoms with Gasteiger partial charge < -0.3 is 10.5 Å². The first-order valence-electron chi connectivity index (χ1n) is 7.80. The highest BCUT2D eigenvalue weighted by atomic mass is 16.5. The summed E-state index contributed by atoms with van der Waals surface area (Å²) in [7, 11) is 0. The zero-order valence-corrected chi connectivity index (χ0v) is 11.7. The predicted molar refractivity (Wildman–Crippen MR) is 78.5 cm³/mol. The third kappa shape index (κ3) is 3.11. The molecule has 0 bridgehead atoms. The van der Waals surface area contributed by atoms with E-state index in [1.165, 1.54) is 50.5 Å². The monoisotopic (exact) mass is 259 g/mol. The van der Waals surface area contributed by atoms with E-state index in [9.17, 15) is 0 Å². The highest BCUT2D eigenvalue weighted by molar-refractivity contribution is 5.37. The third-order valence-electron chi connectivity index (χ3n) is 4.77. The van der Waals surface area contributed by atoms with Crippen molar-refractivity contribution in [3.63, 3.8) is 0 Å². The van der Waals surface area contributed by atoms with Crippen LogP contribution in [0.5, 0.6) is 5.75 Å². The number of hydrogen-bond acceptors (Lipinski definition) is 2. The molecule has 1 heterocycles. The smallest absolute Gasteiger partial charge is 0.122 e. The SMILES string of the molecule is NC1CCCCC(CC2CCOc3ccccc32)C1. The van der Waals surface area contributed by atoms with Gasteiger partial charge in [0, 0.05) is 6.04 Å². The van der Waals surface area contributed by atoms with Crippen molar-refractivity contribution >= 4 is 0 Å². The van der Waals surface area contributed by atoms with Crippen LogP contribution in [-0.2, 0) is 0 Å². The first-order chi connectivity index (χ1) is 9.33. The van der Waals surface area contributed by atoms with Crippen molar-refractivity contribution in [2.75, 3.05) is 6.61 Å². The van der Waals surface area contributed by atoms with Crippen molar-refractivity contribution in [3.8, 4) is 5.75 Å². The molecule has 0 amide bonds. The van der Waals surface area contributed by atoms with Gasteiger partial charge >= 0.3 is 0 Å². The van der Waals surface area contributed by atoms with Gasteiger partial charge in [-0.3, -0.25) is 0 Å². The molecule has 0 radical (unpaired) electrons. The van der Waals surface area contributed by atoms with E-state index >= 15 is 0 Å². The molecule has 2 aliphatic rings. The predicted octanol–water partition coefficient (Wildman–Crippen LogP) is 3.85. The van der Waals surface area contributed by atoms with E-state index in [0.29, 0.717) is 12.0 Å². The highest BCUT2D eigenvalue weighted by Crippen LogP contribution is 2.39. The Morgan fingerprint density at radius 2 is 1.95 bits per heavy atom. The van der Waals surface area contributed by atoms with Gasteiger partial charge in [0.05, 0.1) is 6.61 Å². The van der Waals surface area contributed by atoms with Gasteiger partial charge in [0.2, 0.25) is 0 Å². The molecule has 1 aromatic carbocycles. The van der Waals surface area contributed by atoms with Gasteiger partial charge in [0.15, 0.2) is 0 Å². The fourth-order valence-electron chi connectivity index (χ4n) is 3.78. The summed E-state index contributed by atoms with van der Waals surface area (Å²) in [4.78, 5) is 0. The van der Waals surface area contributed by atoms with Crippen LogP contribution in [0.1, 0.15) is 56.4 Å². The van der Waals surface area contributed by atoms with E-state index in [2.05, 4.69) is 24.3 Å². The molecular weight excluding hydrogens is 234 g/mol. The van der Waals surface area contributed by atoms with Crippen LogP contribution < -0.4 is 10.5 Å². The summed E-state index contributed by atoms with van der Waals surface area (Å²) in [6, 6.07) is 9.00. The Labute approximate surface area is 116 Å². The second kappa shape index (κ2) is 5.96. The minimum atomic E-state index is 0.433. The van der Waals surface area contributed by atoms with E-state index in [1.54, 1.807) is 0 Å². The van der Waals surface area contributed by atoms with Crippen LogP contribution >= 0.6 is 0 Å². The molecule has 2 N–H and O–H groups in total. The maximum absolute atomic E-state index is 6.20. The number of ether oxygens (including phenoxy) is 1. The van der Waals surface area contributed by atoms with Crippen LogP contribution in [0.4, 0.5) is 0 Å². The number of benzene rings is 1. The molecule has 19 heavy (non-hydrogen) atoms. The summed E-state index contributed by atoms with van der Waals surface area (Å²) in [5.41, 5.74) is 7.62.